The Labute approximate surface area is 225 Å². The molecule has 1 atom stereocenters. The van der Waals surface area contributed by atoms with Crippen LogP contribution >= 0.6 is 39.0 Å². The Balaban J connectivity index is 1.58. The lowest BCUT2D eigenvalue weighted by Crippen LogP contribution is -2.28. The van der Waals surface area contributed by atoms with Crippen LogP contribution in [0.5, 0.6) is 0 Å². The fraction of sp³-hybridized carbons (Fsp3) is 0.296. The molecule has 36 heavy (non-hydrogen) atoms. The van der Waals surface area contributed by atoms with E-state index < -0.39 is 0 Å². The maximum Gasteiger partial charge on any atom is 0.268 e. The van der Waals surface area contributed by atoms with Gasteiger partial charge in [-0.2, -0.15) is 0 Å². The Bertz CT molecular complexity index is 1650. The van der Waals surface area contributed by atoms with E-state index in [0.717, 1.165) is 53.7 Å². The lowest BCUT2D eigenvalue weighted by atomic mass is 9.96. The van der Waals surface area contributed by atoms with Gasteiger partial charge in [-0.25, -0.2) is 8.97 Å². The summed E-state index contributed by atoms with van der Waals surface area (Å²) in [6.45, 7) is 6.91. The summed E-state index contributed by atoms with van der Waals surface area (Å²) in [7, 11) is 0. The molecule has 0 unspecified atom stereocenters. The van der Waals surface area contributed by atoms with Crippen LogP contribution in [0.1, 0.15) is 35.4 Å². The zero-order valence-corrected chi connectivity index (χ0v) is 23.4. The largest absolute Gasteiger partial charge is 0.372 e. The minimum absolute atomic E-state index is 0.0399. The number of rotatable bonds is 5. The molecule has 0 bridgehead atoms. The molecule has 4 heterocycles. The topological polar surface area (TPSA) is 61.4 Å². The van der Waals surface area contributed by atoms with Gasteiger partial charge in [-0.3, -0.25) is 4.79 Å². The highest BCUT2D eigenvalue weighted by Crippen LogP contribution is 2.38. The molecule has 9 heteroatoms. The van der Waals surface area contributed by atoms with Crippen molar-refractivity contribution in [3.63, 3.8) is 0 Å². The molecule has 1 aliphatic rings. The number of aromatic nitrogens is 4. The van der Waals surface area contributed by atoms with Crippen molar-refractivity contribution in [1.29, 1.82) is 0 Å². The van der Waals surface area contributed by atoms with Crippen molar-refractivity contribution in [2.75, 3.05) is 0 Å². The zero-order valence-electron chi connectivity index (χ0n) is 20.2. The van der Waals surface area contributed by atoms with Crippen molar-refractivity contribution < 1.29 is 4.74 Å². The highest BCUT2D eigenvalue weighted by Gasteiger charge is 2.30. The van der Waals surface area contributed by atoms with Crippen LogP contribution in [0.25, 0.3) is 21.7 Å². The summed E-state index contributed by atoms with van der Waals surface area (Å²) in [6.07, 6.45) is 0.843. The summed E-state index contributed by atoms with van der Waals surface area (Å²) in [5.41, 5.74) is 4.16. The number of fused-ring (bicyclic) bond motifs is 5. The molecule has 6 nitrogen and oxygen atoms in total. The Morgan fingerprint density at radius 2 is 2.00 bits per heavy atom. The van der Waals surface area contributed by atoms with Gasteiger partial charge in [0.2, 0.25) is 5.78 Å². The average Bonchev–Trinajstić information content (AvgIpc) is 3.45. The lowest BCUT2D eigenvalue weighted by molar-refractivity contribution is 0.00200. The Morgan fingerprint density at radius 3 is 2.75 bits per heavy atom. The molecule has 3 aromatic heterocycles. The third-order valence-electron chi connectivity index (χ3n) is 6.63. The molecular weight excluding hydrogens is 556 g/mol. The van der Waals surface area contributed by atoms with Crippen molar-refractivity contribution in [3.8, 4) is 5.69 Å². The van der Waals surface area contributed by atoms with Crippen molar-refractivity contribution >= 4 is 55.0 Å². The van der Waals surface area contributed by atoms with Gasteiger partial charge < -0.3 is 4.74 Å². The predicted molar refractivity (Wildman–Crippen MR) is 150 cm³/mol. The van der Waals surface area contributed by atoms with Crippen molar-refractivity contribution in [2.24, 2.45) is 5.92 Å². The third-order valence-corrected chi connectivity index (χ3v) is 9.35. The number of hydrogen-bond acceptors (Lipinski definition) is 6. The van der Waals surface area contributed by atoms with Crippen LogP contribution in [0, 0.1) is 12.8 Å². The molecule has 5 aromatic rings. The maximum atomic E-state index is 14.1. The van der Waals surface area contributed by atoms with Gasteiger partial charge in [0.05, 0.1) is 23.8 Å². The van der Waals surface area contributed by atoms with E-state index >= 15 is 0 Å². The van der Waals surface area contributed by atoms with Gasteiger partial charge in [0, 0.05) is 21.5 Å². The highest BCUT2D eigenvalue weighted by molar-refractivity contribution is 9.10. The van der Waals surface area contributed by atoms with Gasteiger partial charge in [-0.1, -0.05) is 65.8 Å². The van der Waals surface area contributed by atoms with Gasteiger partial charge in [0.15, 0.2) is 5.16 Å². The van der Waals surface area contributed by atoms with E-state index in [1.807, 2.05) is 43.3 Å². The minimum Gasteiger partial charge on any atom is -0.372 e. The number of hydrogen-bond donors (Lipinski definition) is 0. The molecule has 0 saturated carbocycles. The smallest absolute Gasteiger partial charge is 0.268 e. The average molecular weight is 582 g/mol. The van der Waals surface area contributed by atoms with Crippen LogP contribution in [0.2, 0.25) is 0 Å². The van der Waals surface area contributed by atoms with Gasteiger partial charge >= 0.3 is 0 Å². The van der Waals surface area contributed by atoms with E-state index in [4.69, 9.17) is 4.74 Å². The fourth-order valence-electron chi connectivity index (χ4n) is 4.69. The molecule has 0 amide bonds. The molecule has 0 radical (unpaired) electrons. The van der Waals surface area contributed by atoms with Crippen LogP contribution in [-0.4, -0.2) is 25.3 Å². The Kier molecular flexibility index (Phi) is 6.27. The number of thioether (sulfide) groups is 1. The highest BCUT2D eigenvalue weighted by atomic mass is 79.9. The van der Waals surface area contributed by atoms with Gasteiger partial charge in [0.25, 0.3) is 5.56 Å². The van der Waals surface area contributed by atoms with E-state index in [2.05, 4.69) is 56.5 Å². The Morgan fingerprint density at radius 1 is 1.19 bits per heavy atom. The lowest BCUT2D eigenvalue weighted by Gasteiger charge is -2.26. The molecule has 2 aromatic carbocycles. The summed E-state index contributed by atoms with van der Waals surface area (Å²) < 4.78 is 11.0. The van der Waals surface area contributed by atoms with Crippen LogP contribution < -0.4 is 5.56 Å². The van der Waals surface area contributed by atoms with E-state index in [-0.39, 0.29) is 11.7 Å². The molecule has 1 aliphatic heterocycles. The first-order valence-electron chi connectivity index (χ1n) is 11.9. The zero-order chi connectivity index (χ0) is 25.0. The summed E-state index contributed by atoms with van der Waals surface area (Å²) in [5, 5.41) is 10.6. The number of ether oxygens (including phenoxy) is 1. The molecule has 0 spiro atoms. The van der Waals surface area contributed by atoms with E-state index in [9.17, 15) is 4.79 Å². The Hall–Kier alpha value is -2.46. The molecule has 0 aliphatic carbocycles. The number of benzene rings is 2. The van der Waals surface area contributed by atoms with E-state index in [1.165, 1.54) is 5.56 Å². The van der Waals surface area contributed by atoms with Crippen molar-refractivity contribution in [3.05, 3.63) is 84.9 Å². The number of nitrogens with zero attached hydrogens (tertiary/aromatic N) is 4. The van der Waals surface area contributed by atoms with Crippen LogP contribution in [0.3, 0.4) is 0 Å². The van der Waals surface area contributed by atoms with Crippen LogP contribution in [0.4, 0.5) is 0 Å². The summed E-state index contributed by atoms with van der Waals surface area (Å²) in [5.74, 6) is 1.67. The van der Waals surface area contributed by atoms with Gasteiger partial charge in [-0.15, -0.1) is 21.5 Å². The fourth-order valence-corrected chi connectivity index (χ4v) is 7.14. The van der Waals surface area contributed by atoms with Crippen molar-refractivity contribution in [1.82, 2.24) is 19.2 Å². The quantitative estimate of drug-likeness (QED) is 0.220. The van der Waals surface area contributed by atoms with Crippen LogP contribution in [0.15, 0.2) is 63.0 Å². The third kappa shape index (κ3) is 4.12. The molecule has 184 valence electrons. The number of thiophene rings is 1. The molecular formula is C27H25BrN4O2S2. The predicted octanol–water partition coefficient (Wildman–Crippen LogP) is 6.56. The van der Waals surface area contributed by atoms with Gasteiger partial charge in [-0.05, 0) is 53.8 Å². The van der Waals surface area contributed by atoms with Crippen LogP contribution in [-0.2, 0) is 23.5 Å². The second kappa shape index (κ2) is 9.45. The standard InChI is InChI=1S/C27H25BrN4O2S2/c1-15(2)21-12-20-22(13-34-21)36-25-23(20)24(33)31(19-6-4-5-16(3)11-19)26-29-30-27(32(25)26)35-14-17-7-9-18(28)10-8-17/h4-11,15,21H,12-14H2,1-3H3/t21-/m1/s1. The summed E-state index contributed by atoms with van der Waals surface area (Å²) in [4.78, 5) is 16.1. The number of halogens is 1. The molecule has 0 N–H and O–H groups in total. The first-order chi connectivity index (χ1) is 17.4. The second-order valence-electron chi connectivity index (χ2n) is 9.49. The first kappa shape index (κ1) is 23.9. The number of aryl methyl sites for hydroxylation is 1. The first-order valence-corrected chi connectivity index (χ1v) is 14.5. The van der Waals surface area contributed by atoms with E-state index in [0.29, 0.717) is 18.3 Å². The summed E-state index contributed by atoms with van der Waals surface area (Å²) >= 11 is 6.76. The SMILES string of the molecule is Cc1cccc(-n2c(=O)c3c4c(sc3n3c(SCc5ccc(Br)cc5)nnc23)CO[C@@H](C(C)C)C4)c1. The minimum atomic E-state index is -0.0399. The molecule has 6 rings (SSSR count). The van der Waals surface area contributed by atoms with E-state index in [1.54, 1.807) is 27.7 Å². The molecule has 0 fully saturated rings. The summed E-state index contributed by atoms with van der Waals surface area (Å²) in [6, 6.07) is 16.3. The second-order valence-corrected chi connectivity index (χ2v) is 12.4. The normalized spacial score (nSPS) is 15.8. The van der Waals surface area contributed by atoms with Gasteiger partial charge in [0.1, 0.15) is 4.83 Å². The maximum absolute atomic E-state index is 14.1. The van der Waals surface area contributed by atoms with Crippen molar-refractivity contribution in [2.45, 2.75) is 50.8 Å². The monoisotopic (exact) mass is 580 g/mol. The molecule has 0 saturated heterocycles.